The Morgan fingerprint density at radius 1 is 1.16 bits per heavy atom. The van der Waals surface area contributed by atoms with Crippen LogP contribution in [0.4, 0.5) is 0 Å². The lowest BCUT2D eigenvalue weighted by molar-refractivity contribution is -1.02. The number of oxazole rings is 1. The second-order valence-electron chi connectivity index (χ2n) is 7.90. The summed E-state index contributed by atoms with van der Waals surface area (Å²) in [6, 6.07) is 7.52. The molecule has 1 aliphatic rings. The molecule has 0 radical (unpaired) electrons. The molecule has 2 aromatic rings. The van der Waals surface area contributed by atoms with Crippen LogP contribution in [0.1, 0.15) is 20.8 Å². The number of hydrogen-bond donors (Lipinski definition) is 3. The summed E-state index contributed by atoms with van der Waals surface area (Å²) in [7, 11) is 0. The number of piperazine rings is 1. The maximum atomic E-state index is 12.1. The molecule has 0 spiro atoms. The summed E-state index contributed by atoms with van der Waals surface area (Å²) < 4.78 is 7.01. The molecule has 1 fully saturated rings. The first-order valence-corrected chi connectivity index (χ1v) is 8.88. The van der Waals surface area contributed by atoms with Gasteiger partial charge in [-0.2, -0.15) is 0 Å². The number of amides is 1. The van der Waals surface area contributed by atoms with Crippen molar-refractivity contribution in [2.24, 2.45) is 0 Å². The molecule has 136 valence electrons. The first-order valence-electron chi connectivity index (χ1n) is 8.88. The van der Waals surface area contributed by atoms with Crippen LogP contribution in [0.5, 0.6) is 0 Å². The van der Waals surface area contributed by atoms with Crippen molar-refractivity contribution in [2.75, 3.05) is 32.7 Å². The molecule has 1 aromatic heterocycles. The fourth-order valence-corrected chi connectivity index (χ4v) is 3.37. The SMILES string of the molecule is CC(C)(C)NC(=O)C[NH+]1CC[NH+](Cn2c(=O)oc3ccccc32)CC1. The van der Waals surface area contributed by atoms with Gasteiger partial charge in [0.05, 0.1) is 5.52 Å². The highest BCUT2D eigenvalue weighted by molar-refractivity contribution is 5.77. The maximum Gasteiger partial charge on any atom is 0.424 e. The van der Waals surface area contributed by atoms with Gasteiger partial charge in [0, 0.05) is 5.54 Å². The Hall–Kier alpha value is -2.12. The predicted octanol–water partition coefficient (Wildman–Crippen LogP) is -1.75. The number of rotatable bonds is 4. The Bertz CT molecular complexity index is 794. The van der Waals surface area contributed by atoms with Gasteiger partial charge in [-0.25, -0.2) is 9.36 Å². The highest BCUT2D eigenvalue weighted by Crippen LogP contribution is 2.10. The number of carbonyl (C=O) groups is 1. The smallest absolute Gasteiger partial charge is 0.408 e. The second kappa shape index (κ2) is 7.01. The number of nitrogens with zero attached hydrogens (tertiary/aromatic N) is 1. The molecule has 25 heavy (non-hydrogen) atoms. The number of hydrogen-bond acceptors (Lipinski definition) is 3. The van der Waals surface area contributed by atoms with Crippen LogP contribution in [-0.2, 0) is 11.5 Å². The lowest BCUT2D eigenvalue weighted by Crippen LogP contribution is -3.28. The fourth-order valence-electron chi connectivity index (χ4n) is 3.37. The summed E-state index contributed by atoms with van der Waals surface area (Å²) in [6.07, 6.45) is 0. The number of benzene rings is 1. The van der Waals surface area contributed by atoms with E-state index >= 15 is 0 Å². The molecule has 1 aromatic carbocycles. The van der Waals surface area contributed by atoms with Crippen LogP contribution < -0.4 is 20.9 Å². The molecule has 0 unspecified atom stereocenters. The summed E-state index contributed by atoms with van der Waals surface area (Å²) in [5, 5.41) is 3.02. The van der Waals surface area contributed by atoms with Gasteiger partial charge in [-0.3, -0.25) is 4.79 Å². The van der Waals surface area contributed by atoms with E-state index in [4.69, 9.17) is 4.42 Å². The first-order chi connectivity index (χ1) is 11.8. The zero-order valence-corrected chi connectivity index (χ0v) is 15.2. The Labute approximate surface area is 147 Å². The van der Waals surface area contributed by atoms with E-state index < -0.39 is 0 Å². The Morgan fingerprint density at radius 3 is 2.48 bits per heavy atom. The van der Waals surface area contributed by atoms with Gasteiger partial charge in [-0.05, 0) is 32.9 Å². The second-order valence-corrected chi connectivity index (χ2v) is 7.90. The van der Waals surface area contributed by atoms with Gasteiger partial charge in [0.1, 0.15) is 26.2 Å². The molecule has 1 aliphatic heterocycles. The van der Waals surface area contributed by atoms with Crippen molar-refractivity contribution in [3.8, 4) is 0 Å². The van der Waals surface area contributed by atoms with Crippen LogP contribution in [0.25, 0.3) is 11.1 Å². The molecule has 3 rings (SSSR count). The number of aromatic nitrogens is 1. The lowest BCUT2D eigenvalue weighted by atomic mass is 10.1. The van der Waals surface area contributed by atoms with E-state index in [1.807, 2.05) is 45.0 Å². The highest BCUT2D eigenvalue weighted by Gasteiger charge is 2.27. The summed E-state index contributed by atoms with van der Waals surface area (Å²) in [5.74, 6) is -0.198. The molecule has 7 nitrogen and oxygen atoms in total. The number of nitrogens with one attached hydrogen (secondary N) is 3. The highest BCUT2D eigenvalue weighted by atomic mass is 16.4. The number of quaternary nitrogens is 2. The van der Waals surface area contributed by atoms with Gasteiger partial charge in [0.15, 0.2) is 18.8 Å². The molecular weight excluding hydrogens is 320 g/mol. The third-order valence-corrected chi connectivity index (χ3v) is 4.54. The predicted molar refractivity (Wildman–Crippen MR) is 94.6 cm³/mol. The Kier molecular flexibility index (Phi) is 4.96. The van der Waals surface area contributed by atoms with Crippen LogP contribution in [-0.4, -0.2) is 48.7 Å². The monoisotopic (exact) mass is 348 g/mol. The van der Waals surface area contributed by atoms with E-state index in [0.29, 0.717) is 18.8 Å². The number of carbonyl (C=O) groups excluding carboxylic acids is 1. The molecule has 0 saturated carbocycles. The normalized spacial score (nSPS) is 21.4. The van der Waals surface area contributed by atoms with E-state index in [9.17, 15) is 9.59 Å². The molecule has 1 amide bonds. The Balaban J connectivity index is 1.55. The van der Waals surface area contributed by atoms with Crippen molar-refractivity contribution >= 4 is 17.0 Å². The molecule has 7 heteroatoms. The van der Waals surface area contributed by atoms with Gasteiger partial charge < -0.3 is 19.5 Å². The summed E-state index contributed by atoms with van der Waals surface area (Å²) in [4.78, 5) is 26.8. The van der Waals surface area contributed by atoms with E-state index in [2.05, 4.69) is 5.32 Å². The third kappa shape index (κ3) is 4.49. The third-order valence-electron chi connectivity index (χ3n) is 4.54. The van der Waals surface area contributed by atoms with Crippen molar-refractivity contribution in [1.82, 2.24) is 9.88 Å². The minimum absolute atomic E-state index is 0.1000. The van der Waals surface area contributed by atoms with Crippen LogP contribution in [0, 0.1) is 0 Å². The minimum atomic E-state index is -0.298. The number of fused-ring (bicyclic) bond motifs is 1. The summed E-state index contributed by atoms with van der Waals surface area (Å²) in [6.45, 7) is 10.8. The quantitative estimate of drug-likeness (QED) is 0.614. The van der Waals surface area contributed by atoms with Crippen LogP contribution in [0.3, 0.4) is 0 Å². The van der Waals surface area contributed by atoms with Crippen LogP contribution in [0.2, 0.25) is 0 Å². The van der Waals surface area contributed by atoms with E-state index in [-0.39, 0.29) is 17.2 Å². The van der Waals surface area contributed by atoms with Gasteiger partial charge >= 0.3 is 5.76 Å². The van der Waals surface area contributed by atoms with Gasteiger partial charge in [-0.15, -0.1) is 0 Å². The zero-order chi connectivity index (χ0) is 18.0. The summed E-state index contributed by atoms with van der Waals surface area (Å²) in [5.41, 5.74) is 1.29. The van der Waals surface area contributed by atoms with Crippen molar-refractivity contribution in [3.63, 3.8) is 0 Å². The van der Waals surface area contributed by atoms with Crippen LogP contribution >= 0.6 is 0 Å². The standard InChI is InChI=1S/C18H26N4O3/c1-18(2,3)19-16(23)12-20-8-10-21(11-9-20)13-22-14-6-4-5-7-15(14)25-17(22)24/h4-7H,8-13H2,1-3H3,(H,19,23)/p+2. The molecule has 0 atom stereocenters. The van der Waals surface area contributed by atoms with Crippen molar-refractivity contribution < 1.29 is 19.0 Å². The fraction of sp³-hybridized carbons (Fsp3) is 0.556. The Morgan fingerprint density at radius 2 is 1.80 bits per heavy atom. The van der Waals surface area contributed by atoms with Crippen molar-refractivity contribution in [3.05, 3.63) is 34.8 Å². The van der Waals surface area contributed by atoms with Crippen LogP contribution in [0.15, 0.2) is 33.5 Å². The average molecular weight is 348 g/mol. The van der Waals surface area contributed by atoms with E-state index in [0.717, 1.165) is 31.7 Å². The van der Waals surface area contributed by atoms with Crippen molar-refractivity contribution in [1.29, 1.82) is 0 Å². The minimum Gasteiger partial charge on any atom is -0.408 e. The zero-order valence-electron chi connectivity index (χ0n) is 15.2. The molecule has 2 heterocycles. The molecule has 0 bridgehead atoms. The maximum absolute atomic E-state index is 12.1. The van der Waals surface area contributed by atoms with Gasteiger partial charge in [-0.1, -0.05) is 12.1 Å². The average Bonchev–Trinajstić information content (AvgIpc) is 2.83. The lowest BCUT2D eigenvalue weighted by Gasteiger charge is -2.30. The summed E-state index contributed by atoms with van der Waals surface area (Å²) >= 11 is 0. The molecule has 3 N–H and O–H groups in total. The van der Waals surface area contributed by atoms with E-state index in [1.165, 1.54) is 9.80 Å². The molecule has 1 saturated heterocycles. The van der Waals surface area contributed by atoms with Gasteiger partial charge in [0.25, 0.3) is 5.91 Å². The topological polar surface area (TPSA) is 73.1 Å². The molecular formula is C18H28N4O3+2. The van der Waals surface area contributed by atoms with Gasteiger partial charge in [0.2, 0.25) is 0 Å². The largest absolute Gasteiger partial charge is 0.424 e. The van der Waals surface area contributed by atoms with Crippen molar-refractivity contribution in [2.45, 2.75) is 33.0 Å². The van der Waals surface area contributed by atoms with E-state index in [1.54, 1.807) is 4.57 Å². The first kappa shape index (κ1) is 17.7. The number of para-hydroxylation sites is 2. The molecule has 0 aliphatic carbocycles.